The van der Waals surface area contributed by atoms with Crippen molar-refractivity contribution in [1.82, 2.24) is 0 Å². The van der Waals surface area contributed by atoms with E-state index in [-0.39, 0.29) is 21.9 Å². The minimum Gasteiger partial charge on any atom is -0.478 e. The van der Waals surface area contributed by atoms with Crippen molar-refractivity contribution in [2.24, 2.45) is 5.14 Å². The summed E-state index contributed by atoms with van der Waals surface area (Å²) in [7, 11) is -7.56. The van der Waals surface area contributed by atoms with E-state index in [0.717, 1.165) is 0 Å². The number of rotatable bonds is 6. The molecule has 24 heavy (non-hydrogen) atoms. The van der Waals surface area contributed by atoms with Crippen LogP contribution in [0.25, 0.3) is 0 Å². The smallest absolute Gasteiger partial charge is 0.335 e. The molecule has 8 nitrogen and oxygen atoms in total. The van der Waals surface area contributed by atoms with E-state index in [2.05, 4.69) is 4.72 Å². The molecule has 0 saturated carbocycles. The summed E-state index contributed by atoms with van der Waals surface area (Å²) in [6.07, 6.45) is 0. The van der Waals surface area contributed by atoms with Gasteiger partial charge in [-0.05, 0) is 42.0 Å². The Balaban J connectivity index is 2.18. The molecule has 4 N–H and O–H groups in total. The minimum absolute atomic E-state index is 0.0266. The summed E-state index contributed by atoms with van der Waals surface area (Å²) in [5.74, 6) is -1.51. The number of sulfonamides is 2. The topological polar surface area (TPSA) is 144 Å². The Labute approximate surface area is 139 Å². The van der Waals surface area contributed by atoms with Crippen molar-refractivity contribution >= 4 is 31.7 Å². The SMILES string of the molecule is NS(=O)(=O)Cc1ccc(NS(=O)(=O)c2ccc(C(=O)O)cc2)cc1. The van der Waals surface area contributed by atoms with Crippen LogP contribution in [-0.2, 0) is 25.8 Å². The Morgan fingerprint density at radius 2 is 1.50 bits per heavy atom. The van der Waals surface area contributed by atoms with E-state index < -0.39 is 26.0 Å². The number of carbonyl (C=O) groups is 1. The van der Waals surface area contributed by atoms with Gasteiger partial charge in [0.1, 0.15) is 0 Å². The van der Waals surface area contributed by atoms with Crippen molar-refractivity contribution in [1.29, 1.82) is 0 Å². The summed E-state index contributed by atoms with van der Waals surface area (Å²) in [6, 6.07) is 10.4. The summed E-state index contributed by atoms with van der Waals surface area (Å²) < 4.78 is 48.8. The molecule has 0 bridgehead atoms. The average Bonchev–Trinajstić information content (AvgIpc) is 2.47. The highest BCUT2D eigenvalue weighted by Gasteiger charge is 2.15. The molecule has 0 atom stereocenters. The zero-order valence-electron chi connectivity index (χ0n) is 12.2. The van der Waals surface area contributed by atoms with Crippen LogP contribution in [-0.4, -0.2) is 27.9 Å². The molecular weight excluding hydrogens is 356 g/mol. The Hall–Kier alpha value is -2.43. The van der Waals surface area contributed by atoms with E-state index in [1.165, 1.54) is 48.5 Å². The summed E-state index contributed by atoms with van der Waals surface area (Å²) >= 11 is 0. The zero-order valence-corrected chi connectivity index (χ0v) is 13.8. The minimum atomic E-state index is -3.89. The maximum absolute atomic E-state index is 12.2. The molecule has 0 aliphatic rings. The largest absolute Gasteiger partial charge is 0.478 e. The normalized spacial score (nSPS) is 11.9. The quantitative estimate of drug-likeness (QED) is 0.691. The van der Waals surface area contributed by atoms with E-state index in [1.54, 1.807) is 0 Å². The molecule has 0 aliphatic heterocycles. The molecule has 10 heteroatoms. The lowest BCUT2D eigenvalue weighted by Gasteiger charge is -2.09. The number of aromatic carboxylic acids is 1. The van der Waals surface area contributed by atoms with Crippen molar-refractivity contribution in [3.63, 3.8) is 0 Å². The molecule has 0 radical (unpaired) electrons. The first kappa shape index (κ1) is 17.9. The van der Waals surface area contributed by atoms with Crippen molar-refractivity contribution in [2.75, 3.05) is 4.72 Å². The predicted octanol–water partition coefficient (Wildman–Crippen LogP) is 0.974. The average molecular weight is 370 g/mol. The highest BCUT2D eigenvalue weighted by atomic mass is 32.2. The van der Waals surface area contributed by atoms with E-state index in [4.69, 9.17) is 10.2 Å². The molecule has 2 aromatic carbocycles. The van der Waals surface area contributed by atoms with Crippen LogP contribution in [0.4, 0.5) is 5.69 Å². The standard InChI is InChI=1S/C14H14N2O6S2/c15-23(19,20)9-10-1-5-12(6-2-10)16-24(21,22)13-7-3-11(4-8-13)14(17)18/h1-8,16H,9H2,(H,17,18)(H2,15,19,20). The fraction of sp³-hybridized carbons (Fsp3) is 0.0714. The fourth-order valence-electron chi connectivity index (χ4n) is 1.89. The zero-order chi connectivity index (χ0) is 18.0. The van der Waals surface area contributed by atoms with Gasteiger partial charge in [-0.15, -0.1) is 0 Å². The van der Waals surface area contributed by atoms with Crippen molar-refractivity contribution in [3.05, 3.63) is 59.7 Å². The first-order valence-corrected chi connectivity index (χ1v) is 9.72. The molecule has 0 spiro atoms. The molecule has 128 valence electrons. The van der Waals surface area contributed by atoms with Crippen LogP contribution < -0.4 is 9.86 Å². The third-order valence-corrected chi connectivity index (χ3v) is 5.12. The van der Waals surface area contributed by atoms with Crippen LogP contribution >= 0.6 is 0 Å². The molecule has 0 fully saturated rings. The molecule has 2 rings (SSSR count). The summed E-state index contributed by atoms with van der Waals surface area (Å²) in [6.45, 7) is 0. The van der Waals surface area contributed by atoms with Crippen LogP contribution in [0.3, 0.4) is 0 Å². The lowest BCUT2D eigenvalue weighted by atomic mass is 10.2. The summed E-state index contributed by atoms with van der Waals surface area (Å²) in [5.41, 5.74) is 0.628. The van der Waals surface area contributed by atoms with Crippen molar-refractivity contribution in [3.8, 4) is 0 Å². The first-order chi connectivity index (χ1) is 11.1. The summed E-state index contributed by atoms with van der Waals surface area (Å²) in [5, 5.41) is 13.7. The van der Waals surface area contributed by atoms with Crippen LogP contribution in [0.15, 0.2) is 53.4 Å². The maximum Gasteiger partial charge on any atom is 0.335 e. The molecule has 0 aromatic heterocycles. The van der Waals surface area contributed by atoms with E-state index >= 15 is 0 Å². The van der Waals surface area contributed by atoms with Gasteiger partial charge in [0.2, 0.25) is 10.0 Å². The van der Waals surface area contributed by atoms with Crippen LogP contribution in [0.1, 0.15) is 15.9 Å². The van der Waals surface area contributed by atoms with Gasteiger partial charge in [-0.3, -0.25) is 4.72 Å². The number of carboxylic acid groups (broad SMARTS) is 1. The highest BCUT2D eigenvalue weighted by molar-refractivity contribution is 7.92. The Bertz CT molecular complexity index is 949. The second-order valence-electron chi connectivity index (χ2n) is 4.94. The number of carboxylic acids is 1. The Morgan fingerprint density at radius 1 is 0.958 bits per heavy atom. The van der Waals surface area contributed by atoms with Crippen LogP contribution in [0.5, 0.6) is 0 Å². The van der Waals surface area contributed by atoms with E-state index in [9.17, 15) is 21.6 Å². The Morgan fingerprint density at radius 3 is 1.96 bits per heavy atom. The first-order valence-electron chi connectivity index (χ1n) is 6.52. The van der Waals surface area contributed by atoms with Gasteiger partial charge in [0.15, 0.2) is 0 Å². The number of anilines is 1. The van der Waals surface area contributed by atoms with Gasteiger partial charge in [-0.1, -0.05) is 12.1 Å². The molecule has 0 saturated heterocycles. The van der Waals surface area contributed by atoms with Gasteiger partial charge in [0.05, 0.1) is 16.2 Å². The number of nitrogens with two attached hydrogens (primary N) is 1. The van der Waals surface area contributed by atoms with Gasteiger partial charge in [-0.2, -0.15) is 0 Å². The van der Waals surface area contributed by atoms with Gasteiger partial charge in [0, 0.05) is 5.69 Å². The van der Waals surface area contributed by atoms with E-state index in [1.807, 2.05) is 0 Å². The van der Waals surface area contributed by atoms with Gasteiger partial charge < -0.3 is 5.11 Å². The van der Waals surface area contributed by atoms with Gasteiger partial charge >= 0.3 is 5.97 Å². The molecule has 0 unspecified atom stereocenters. The van der Waals surface area contributed by atoms with Crippen LogP contribution in [0.2, 0.25) is 0 Å². The number of nitrogens with one attached hydrogen (secondary N) is 1. The molecular formula is C14H14N2O6S2. The highest BCUT2D eigenvalue weighted by Crippen LogP contribution is 2.18. The number of benzene rings is 2. The molecule has 0 aliphatic carbocycles. The molecule has 2 aromatic rings. The van der Waals surface area contributed by atoms with E-state index in [0.29, 0.717) is 5.56 Å². The lowest BCUT2D eigenvalue weighted by molar-refractivity contribution is 0.0696. The monoisotopic (exact) mass is 370 g/mol. The lowest BCUT2D eigenvalue weighted by Crippen LogP contribution is -2.15. The second kappa shape index (κ2) is 6.59. The summed E-state index contributed by atoms with van der Waals surface area (Å²) in [4.78, 5) is 10.7. The van der Waals surface area contributed by atoms with Crippen molar-refractivity contribution in [2.45, 2.75) is 10.6 Å². The second-order valence-corrected chi connectivity index (χ2v) is 8.24. The van der Waals surface area contributed by atoms with Gasteiger partial charge in [-0.25, -0.2) is 26.8 Å². The molecule has 0 heterocycles. The Kier molecular flexibility index (Phi) is 4.92. The maximum atomic E-state index is 12.2. The predicted molar refractivity (Wildman–Crippen MR) is 87.5 cm³/mol. The van der Waals surface area contributed by atoms with Gasteiger partial charge in [0.25, 0.3) is 10.0 Å². The number of primary sulfonamides is 1. The fourth-order valence-corrected chi connectivity index (χ4v) is 3.61. The third-order valence-electron chi connectivity index (χ3n) is 2.99. The molecule has 0 amide bonds. The van der Waals surface area contributed by atoms with Crippen LogP contribution in [0, 0.1) is 0 Å². The van der Waals surface area contributed by atoms with Crippen molar-refractivity contribution < 1.29 is 26.7 Å². The third kappa shape index (κ3) is 4.78. The number of hydrogen-bond acceptors (Lipinski definition) is 5. The number of hydrogen-bond donors (Lipinski definition) is 3.